The van der Waals surface area contributed by atoms with Crippen LogP contribution in [0.15, 0.2) is 188 Å². The third-order valence-corrected chi connectivity index (χ3v) is 11.5. The van der Waals surface area contributed by atoms with E-state index in [2.05, 4.69) is 207 Å². The fraction of sp³-hybridized carbons (Fsp3) is 0.0769. The number of benzene rings is 9. The van der Waals surface area contributed by atoms with Gasteiger partial charge in [-0.1, -0.05) is 166 Å². The van der Waals surface area contributed by atoms with Crippen LogP contribution in [0.3, 0.4) is 0 Å². The summed E-state index contributed by atoms with van der Waals surface area (Å²) in [4.78, 5) is 2.57. The van der Waals surface area contributed by atoms with E-state index in [1.54, 1.807) is 0 Å². The predicted octanol–water partition coefficient (Wildman–Crippen LogP) is 14.1. The smallest absolute Gasteiger partial charge is 0.0496 e. The van der Waals surface area contributed by atoms with E-state index in [0.717, 1.165) is 0 Å². The lowest BCUT2D eigenvalue weighted by Crippen LogP contribution is -2.19. The lowest BCUT2D eigenvalue weighted by molar-refractivity contribution is 0.661. The molecule has 0 heterocycles. The topological polar surface area (TPSA) is 3.24 Å². The highest BCUT2D eigenvalue weighted by atomic mass is 15.1. The van der Waals surface area contributed by atoms with Gasteiger partial charge >= 0.3 is 0 Å². The zero-order valence-electron chi connectivity index (χ0n) is 30.1. The minimum absolute atomic E-state index is 0.137. The molecule has 0 unspecified atom stereocenters. The first-order valence-electron chi connectivity index (χ1n) is 18.6. The second-order valence-corrected chi connectivity index (χ2v) is 15.0. The summed E-state index contributed by atoms with van der Waals surface area (Å²) in [7, 11) is 0. The van der Waals surface area contributed by atoms with Gasteiger partial charge in [-0.05, 0) is 113 Å². The number of rotatable bonds is 6. The molecule has 1 nitrogen and oxygen atoms in total. The van der Waals surface area contributed by atoms with Crippen molar-refractivity contribution in [1.29, 1.82) is 0 Å². The zero-order valence-corrected chi connectivity index (χ0v) is 30.1. The molecule has 0 radical (unpaired) electrons. The van der Waals surface area contributed by atoms with E-state index < -0.39 is 0 Å². The van der Waals surface area contributed by atoms with Crippen LogP contribution in [-0.4, -0.2) is 0 Å². The minimum atomic E-state index is -0.137. The van der Waals surface area contributed by atoms with Gasteiger partial charge in [-0.15, -0.1) is 0 Å². The van der Waals surface area contributed by atoms with Gasteiger partial charge in [0.15, 0.2) is 0 Å². The Morgan fingerprint density at radius 1 is 0.415 bits per heavy atom. The summed E-state index contributed by atoms with van der Waals surface area (Å²) in [5, 5.41) is 7.59. The maximum absolute atomic E-state index is 2.57. The molecule has 9 aromatic rings. The first-order chi connectivity index (χ1) is 26.0. The summed E-state index contributed by atoms with van der Waals surface area (Å²) in [5.41, 5.74) is 13.9. The number of hydrogen-bond acceptors (Lipinski definition) is 1. The van der Waals surface area contributed by atoms with Crippen molar-refractivity contribution in [1.82, 2.24) is 0 Å². The molecule has 1 aliphatic carbocycles. The van der Waals surface area contributed by atoms with Gasteiger partial charge in [-0.25, -0.2) is 0 Å². The van der Waals surface area contributed by atoms with Gasteiger partial charge in [0.25, 0.3) is 0 Å². The van der Waals surface area contributed by atoms with Gasteiger partial charge in [0.2, 0.25) is 0 Å². The van der Waals surface area contributed by atoms with Crippen LogP contribution in [0, 0.1) is 0 Å². The molecule has 0 N–H and O–H groups in total. The standard InChI is InChI=1S/C52H39N/c1-52(2)47-24-13-25-49(51(47)46-32-40-19-8-9-20-41(40)33-48(46)52)53(44-22-12-21-39(31-44)35-14-4-3-5-15-35)34-43-29-27-37-17-10-11-23-45(37)50(43)42-28-26-36-16-6-7-18-38(36)30-42/h3-33H,34H2,1-2H3. The monoisotopic (exact) mass is 677 g/mol. The molecular formula is C52H39N. The summed E-state index contributed by atoms with van der Waals surface area (Å²) in [6, 6.07) is 69.5. The van der Waals surface area contributed by atoms with Crippen molar-refractivity contribution in [3.05, 3.63) is 205 Å². The van der Waals surface area contributed by atoms with Crippen molar-refractivity contribution in [3.8, 4) is 33.4 Å². The highest BCUT2D eigenvalue weighted by Crippen LogP contribution is 2.54. The molecule has 0 saturated carbocycles. The normalized spacial score (nSPS) is 12.9. The second-order valence-electron chi connectivity index (χ2n) is 15.0. The van der Waals surface area contributed by atoms with E-state index in [1.165, 1.54) is 93.8 Å². The Labute approximate surface area is 311 Å². The summed E-state index contributed by atoms with van der Waals surface area (Å²) < 4.78 is 0. The van der Waals surface area contributed by atoms with Crippen LogP contribution in [0.2, 0.25) is 0 Å². The molecule has 0 aliphatic heterocycles. The Morgan fingerprint density at radius 2 is 1.06 bits per heavy atom. The fourth-order valence-corrected chi connectivity index (χ4v) is 8.78. The number of anilines is 2. The molecule has 0 bridgehead atoms. The van der Waals surface area contributed by atoms with Gasteiger partial charge < -0.3 is 4.90 Å². The first-order valence-corrected chi connectivity index (χ1v) is 18.6. The fourth-order valence-electron chi connectivity index (χ4n) is 8.78. The summed E-state index contributed by atoms with van der Waals surface area (Å²) >= 11 is 0. The number of nitrogens with zero attached hydrogens (tertiary/aromatic N) is 1. The average Bonchev–Trinajstić information content (AvgIpc) is 3.44. The van der Waals surface area contributed by atoms with Crippen LogP contribution >= 0.6 is 0 Å². The molecule has 1 aliphatic rings. The first kappa shape index (κ1) is 31.3. The molecule has 1 heteroatoms. The highest BCUT2D eigenvalue weighted by molar-refractivity contribution is 6.02. The summed E-state index contributed by atoms with van der Waals surface area (Å²) in [6.07, 6.45) is 0. The lowest BCUT2D eigenvalue weighted by Gasteiger charge is -2.30. The van der Waals surface area contributed by atoms with E-state index in [4.69, 9.17) is 0 Å². The van der Waals surface area contributed by atoms with Crippen LogP contribution in [-0.2, 0) is 12.0 Å². The van der Waals surface area contributed by atoms with E-state index in [-0.39, 0.29) is 5.41 Å². The van der Waals surface area contributed by atoms with Gasteiger partial charge in [-0.3, -0.25) is 0 Å². The van der Waals surface area contributed by atoms with Crippen LogP contribution in [0.25, 0.3) is 65.7 Å². The van der Waals surface area contributed by atoms with E-state index in [9.17, 15) is 0 Å². The van der Waals surface area contributed by atoms with Crippen molar-refractivity contribution in [3.63, 3.8) is 0 Å². The number of hydrogen-bond donors (Lipinski definition) is 0. The zero-order chi connectivity index (χ0) is 35.5. The Balaban J connectivity index is 1.22. The third-order valence-electron chi connectivity index (χ3n) is 11.5. The summed E-state index contributed by atoms with van der Waals surface area (Å²) in [6.45, 7) is 5.47. The molecule has 0 amide bonds. The maximum Gasteiger partial charge on any atom is 0.0496 e. The van der Waals surface area contributed by atoms with Gasteiger partial charge in [0.1, 0.15) is 0 Å². The van der Waals surface area contributed by atoms with Crippen LogP contribution < -0.4 is 4.90 Å². The highest BCUT2D eigenvalue weighted by Gasteiger charge is 2.38. The third kappa shape index (κ3) is 5.23. The van der Waals surface area contributed by atoms with Gasteiger partial charge in [0.05, 0.1) is 0 Å². The Kier molecular flexibility index (Phi) is 7.30. The van der Waals surface area contributed by atoms with Crippen molar-refractivity contribution in [2.24, 2.45) is 0 Å². The SMILES string of the molecule is CC1(C)c2cc3ccccc3cc2-c2c(N(Cc3ccc4ccccc4c3-c3ccc4ccccc4c3)c3cccc(-c4ccccc4)c3)cccc21. The molecule has 0 atom stereocenters. The maximum atomic E-state index is 2.57. The molecule has 0 spiro atoms. The van der Waals surface area contributed by atoms with Crippen molar-refractivity contribution in [2.75, 3.05) is 4.90 Å². The predicted molar refractivity (Wildman–Crippen MR) is 226 cm³/mol. The largest absolute Gasteiger partial charge is 0.336 e. The Bertz CT molecular complexity index is 2840. The van der Waals surface area contributed by atoms with Crippen molar-refractivity contribution >= 4 is 43.7 Å². The van der Waals surface area contributed by atoms with E-state index >= 15 is 0 Å². The van der Waals surface area contributed by atoms with Crippen LogP contribution in [0.1, 0.15) is 30.5 Å². The molecule has 0 saturated heterocycles. The lowest BCUT2D eigenvalue weighted by atomic mass is 9.82. The second kappa shape index (κ2) is 12.4. The van der Waals surface area contributed by atoms with Crippen LogP contribution in [0.4, 0.5) is 11.4 Å². The van der Waals surface area contributed by atoms with E-state index in [0.29, 0.717) is 6.54 Å². The minimum Gasteiger partial charge on any atom is -0.336 e. The van der Waals surface area contributed by atoms with Crippen molar-refractivity contribution in [2.45, 2.75) is 25.8 Å². The van der Waals surface area contributed by atoms with Gasteiger partial charge in [-0.2, -0.15) is 0 Å². The molecule has 0 aromatic heterocycles. The molecule has 0 fully saturated rings. The van der Waals surface area contributed by atoms with Crippen molar-refractivity contribution < 1.29 is 0 Å². The Morgan fingerprint density at radius 3 is 1.87 bits per heavy atom. The number of fused-ring (bicyclic) bond motifs is 6. The van der Waals surface area contributed by atoms with Gasteiger partial charge in [0, 0.05) is 28.9 Å². The summed E-state index contributed by atoms with van der Waals surface area (Å²) in [5.74, 6) is 0. The molecular weight excluding hydrogens is 639 g/mol. The molecule has 9 aromatic carbocycles. The molecule has 10 rings (SSSR count). The average molecular weight is 678 g/mol. The Hall–Kier alpha value is -6.44. The quantitative estimate of drug-likeness (QED) is 0.169. The molecule has 53 heavy (non-hydrogen) atoms. The van der Waals surface area contributed by atoms with E-state index in [1.807, 2.05) is 0 Å². The van der Waals surface area contributed by atoms with Crippen LogP contribution in [0.5, 0.6) is 0 Å². The molecule has 252 valence electrons.